The maximum atomic E-state index is 14.9. The molecule has 32 heavy (non-hydrogen) atoms. The Hall–Kier alpha value is -2.68. The lowest BCUT2D eigenvalue weighted by Crippen LogP contribution is -2.48. The van der Waals surface area contributed by atoms with Gasteiger partial charge in [-0.25, -0.2) is 9.37 Å². The zero-order valence-electron chi connectivity index (χ0n) is 17.6. The van der Waals surface area contributed by atoms with Crippen molar-refractivity contribution in [2.75, 3.05) is 31.1 Å². The third-order valence-corrected chi connectivity index (χ3v) is 7.17. The molecule has 0 unspecified atom stereocenters. The first kappa shape index (κ1) is 21.2. The van der Waals surface area contributed by atoms with E-state index >= 15 is 0 Å². The van der Waals surface area contributed by atoms with E-state index in [-0.39, 0.29) is 11.7 Å². The molecular formula is C23H23ClFN5OS. The third-order valence-electron chi connectivity index (χ3n) is 5.86. The summed E-state index contributed by atoms with van der Waals surface area (Å²) in [6.07, 6.45) is 0.686. The smallest absolute Gasteiger partial charge is 0.230 e. The van der Waals surface area contributed by atoms with E-state index in [1.807, 2.05) is 37.3 Å². The topological polar surface area (TPSA) is 56.9 Å². The Morgan fingerprint density at radius 3 is 2.59 bits per heavy atom. The Kier molecular flexibility index (Phi) is 5.75. The molecule has 1 N–H and O–H groups in total. The number of benzene rings is 2. The molecule has 2 aromatic heterocycles. The van der Waals surface area contributed by atoms with Gasteiger partial charge in [0.25, 0.3) is 0 Å². The van der Waals surface area contributed by atoms with E-state index in [0.717, 1.165) is 18.8 Å². The first-order chi connectivity index (χ1) is 15.5. The largest absolute Gasteiger partial charge is 0.492 e. The van der Waals surface area contributed by atoms with E-state index in [1.54, 1.807) is 12.1 Å². The standard InChI is InChI=1S/C23H23ClFN5OS/c1-2-19-26-23-30(27-19)22(31)21(32-23)20(17-8-3-4-9-18(17)25)29-12-10-28(11-13-29)16-7-5-6-15(24)14-16/h3-9,14,20,31H,2,10-13H2,1H3/t20-/m1/s1. The van der Waals surface area contributed by atoms with Gasteiger partial charge in [0.05, 0.1) is 10.9 Å². The van der Waals surface area contributed by atoms with Crippen LogP contribution in [0.15, 0.2) is 48.5 Å². The number of anilines is 1. The van der Waals surface area contributed by atoms with E-state index < -0.39 is 6.04 Å². The van der Waals surface area contributed by atoms with Gasteiger partial charge in [-0.2, -0.15) is 4.52 Å². The van der Waals surface area contributed by atoms with E-state index in [0.29, 0.717) is 45.8 Å². The average molecular weight is 472 g/mol. The number of nitrogens with zero attached hydrogens (tertiary/aromatic N) is 5. The highest BCUT2D eigenvalue weighted by molar-refractivity contribution is 7.17. The van der Waals surface area contributed by atoms with Crippen molar-refractivity contribution in [2.24, 2.45) is 0 Å². The normalized spacial score (nSPS) is 16.0. The molecule has 3 heterocycles. The molecule has 1 saturated heterocycles. The molecule has 0 spiro atoms. The molecule has 2 aromatic carbocycles. The summed E-state index contributed by atoms with van der Waals surface area (Å²) in [5, 5.41) is 16.1. The van der Waals surface area contributed by atoms with Crippen molar-refractivity contribution < 1.29 is 9.50 Å². The SMILES string of the molecule is CCc1nc2sc([C@@H](c3ccccc3F)N3CCN(c4cccc(Cl)c4)CC3)c(O)n2n1. The Bertz CT molecular complexity index is 1250. The van der Waals surface area contributed by atoms with Crippen LogP contribution in [-0.4, -0.2) is 50.8 Å². The molecule has 1 fully saturated rings. The molecule has 6 nitrogen and oxygen atoms in total. The second-order valence-corrected chi connectivity index (χ2v) is 9.24. The highest BCUT2D eigenvalue weighted by Gasteiger charge is 2.33. The van der Waals surface area contributed by atoms with Gasteiger partial charge in [-0.3, -0.25) is 4.90 Å². The lowest BCUT2D eigenvalue weighted by Gasteiger charge is -2.40. The average Bonchev–Trinajstić information content (AvgIpc) is 3.35. The molecular weight excluding hydrogens is 449 g/mol. The van der Waals surface area contributed by atoms with E-state index in [2.05, 4.69) is 19.9 Å². The van der Waals surface area contributed by atoms with Crippen LogP contribution in [0.2, 0.25) is 5.02 Å². The fourth-order valence-corrected chi connectivity index (χ4v) is 5.54. The number of aromatic hydroxyl groups is 1. The van der Waals surface area contributed by atoms with E-state index in [4.69, 9.17) is 11.6 Å². The summed E-state index contributed by atoms with van der Waals surface area (Å²) in [6.45, 7) is 4.93. The second kappa shape index (κ2) is 8.69. The highest BCUT2D eigenvalue weighted by atomic mass is 35.5. The minimum Gasteiger partial charge on any atom is -0.492 e. The van der Waals surface area contributed by atoms with Crippen LogP contribution in [0.4, 0.5) is 10.1 Å². The highest BCUT2D eigenvalue weighted by Crippen LogP contribution is 2.41. The molecule has 5 rings (SSSR count). The number of piperazine rings is 1. The minimum atomic E-state index is -0.420. The summed E-state index contributed by atoms with van der Waals surface area (Å²) in [7, 11) is 0. The van der Waals surface area contributed by atoms with Gasteiger partial charge in [0.2, 0.25) is 10.8 Å². The lowest BCUT2D eigenvalue weighted by atomic mass is 10.0. The first-order valence-corrected chi connectivity index (χ1v) is 11.8. The quantitative estimate of drug-likeness (QED) is 0.454. The number of fused-ring (bicyclic) bond motifs is 1. The maximum absolute atomic E-state index is 14.9. The number of thiazole rings is 1. The van der Waals surface area contributed by atoms with Crippen molar-refractivity contribution in [1.29, 1.82) is 0 Å². The third kappa shape index (κ3) is 3.83. The predicted octanol–water partition coefficient (Wildman–Crippen LogP) is 4.76. The fourth-order valence-electron chi connectivity index (χ4n) is 4.23. The number of rotatable bonds is 5. The van der Waals surface area contributed by atoms with Gasteiger partial charge in [0, 0.05) is 48.9 Å². The van der Waals surface area contributed by atoms with Gasteiger partial charge in [-0.15, -0.1) is 5.10 Å². The molecule has 0 radical (unpaired) electrons. The van der Waals surface area contributed by atoms with Crippen molar-refractivity contribution in [3.05, 3.63) is 75.6 Å². The zero-order valence-corrected chi connectivity index (χ0v) is 19.2. The maximum Gasteiger partial charge on any atom is 0.230 e. The number of hydrogen-bond donors (Lipinski definition) is 1. The predicted molar refractivity (Wildman–Crippen MR) is 125 cm³/mol. The molecule has 1 aliphatic rings. The Balaban J connectivity index is 1.49. The van der Waals surface area contributed by atoms with E-state index in [1.165, 1.54) is 21.9 Å². The number of aromatic nitrogens is 3. The summed E-state index contributed by atoms with van der Waals surface area (Å²) in [5.74, 6) is 0.417. The summed E-state index contributed by atoms with van der Waals surface area (Å²) in [4.78, 5) is 10.3. The first-order valence-electron chi connectivity index (χ1n) is 10.6. The van der Waals surface area contributed by atoms with Crippen LogP contribution >= 0.6 is 22.9 Å². The molecule has 0 bridgehead atoms. The fraction of sp³-hybridized carbons (Fsp3) is 0.304. The molecule has 4 aromatic rings. The Morgan fingerprint density at radius 2 is 1.91 bits per heavy atom. The van der Waals surface area contributed by atoms with Gasteiger partial charge in [-0.05, 0) is 24.3 Å². The monoisotopic (exact) mass is 471 g/mol. The van der Waals surface area contributed by atoms with Gasteiger partial charge in [0.15, 0.2) is 5.82 Å². The van der Waals surface area contributed by atoms with Crippen LogP contribution in [0.5, 0.6) is 5.88 Å². The number of aryl methyl sites for hydroxylation is 1. The minimum absolute atomic E-state index is 0.0303. The van der Waals surface area contributed by atoms with Crippen LogP contribution in [0.25, 0.3) is 4.96 Å². The van der Waals surface area contributed by atoms with Gasteiger partial charge < -0.3 is 10.0 Å². The molecule has 0 saturated carbocycles. The van der Waals surface area contributed by atoms with Gasteiger partial charge in [0.1, 0.15) is 5.82 Å². The van der Waals surface area contributed by atoms with Crippen molar-refractivity contribution in [3.63, 3.8) is 0 Å². The molecule has 0 amide bonds. The lowest BCUT2D eigenvalue weighted by molar-refractivity contribution is 0.208. The van der Waals surface area contributed by atoms with Crippen molar-refractivity contribution >= 4 is 33.6 Å². The molecule has 1 aliphatic heterocycles. The summed E-state index contributed by atoms with van der Waals surface area (Å²) in [6, 6.07) is 14.2. The number of hydrogen-bond acceptors (Lipinski definition) is 6. The van der Waals surface area contributed by atoms with Crippen molar-refractivity contribution in [1.82, 2.24) is 19.5 Å². The van der Waals surface area contributed by atoms with Gasteiger partial charge in [-0.1, -0.05) is 54.1 Å². The Morgan fingerprint density at radius 1 is 1.12 bits per heavy atom. The molecule has 166 valence electrons. The molecule has 1 atom stereocenters. The van der Waals surface area contributed by atoms with Crippen LogP contribution < -0.4 is 4.90 Å². The summed E-state index contributed by atoms with van der Waals surface area (Å²) in [5.41, 5.74) is 1.62. The zero-order chi connectivity index (χ0) is 22.2. The van der Waals surface area contributed by atoms with Crippen LogP contribution in [0, 0.1) is 5.82 Å². The van der Waals surface area contributed by atoms with Crippen LogP contribution in [0.3, 0.4) is 0 Å². The summed E-state index contributed by atoms with van der Waals surface area (Å²) < 4.78 is 16.4. The number of halogens is 2. The van der Waals surface area contributed by atoms with Crippen molar-refractivity contribution in [2.45, 2.75) is 19.4 Å². The van der Waals surface area contributed by atoms with Gasteiger partial charge >= 0.3 is 0 Å². The Labute approximate surface area is 194 Å². The van der Waals surface area contributed by atoms with Crippen molar-refractivity contribution in [3.8, 4) is 5.88 Å². The summed E-state index contributed by atoms with van der Waals surface area (Å²) >= 11 is 7.53. The van der Waals surface area contributed by atoms with Crippen LogP contribution in [0.1, 0.15) is 29.2 Å². The molecule has 9 heteroatoms. The molecule has 0 aliphatic carbocycles. The van der Waals surface area contributed by atoms with E-state index in [9.17, 15) is 9.50 Å². The van der Waals surface area contributed by atoms with Crippen LogP contribution in [-0.2, 0) is 6.42 Å². The second-order valence-electron chi connectivity index (χ2n) is 7.79.